The molecule has 8 nitrogen and oxygen atoms in total. The molecule has 3 heterocycles. The Hall–Kier alpha value is -4.03. The molecule has 3 aromatic heterocycles. The number of anilines is 1. The summed E-state index contributed by atoms with van der Waals surface area (Å²) < 4.78 is 1.59. The summed E-state index contributed by atoms with van der Waals surface area (Å²) in [6.45, 7) is 0. The summed E-state index contributed by atoms with van der Waals surface area (Å²) >= 11 is 1.37. The number of rotatable bonds is 4. The average Bonchev–Trinajstić information content (AvgIpc) is 3.38. The van der Waals surface area contributed by atoms with Crippen molar-refractivity contribution >= 4 is 34.5 Å². The van der Waals surface area contributed by atoms with Gasteiger partial charge in [0.15, 0.2) is 11.8 Å². The van der Waals surface area contributed by atoms with E-state index in [1.165, 1.54) is 17.5 Å². The van der Waals surface area contributed by atoms with Gasteiger partial charge in [-0.25, -0.2) is 19.6 Å². The van der Waals surface area contributed by atoms with Crippen LogP contribution in [0.3, 0.4) is 0 Å². The fourth-order valence-electron chi connectivity index (χ4n) is 2.78. The summed E-state index contributed by atoms with van der Waals surface area (Å²) in [7, 11) is 0. The van der Waals surface area contributed by atoms with Gasteiger partial charge in [0.05, 0.1) is 22.3 Å². The maximum Gasteiger partial charge on any atom is 0.332 e. The van der Waals surface area contributed by atoms with Crippen LogP contribution in [0.1, 0.15) is 15.2 Å². The van der Waals surface area contributed by atoms with Gasteiger partial charge in [0.2, 0.25) is 5.78 Å². The van der Waals surface area contributed by atoms with E-state index in [1.54, 1.807) is 47.2 Å². The van der Waals surface area contributed by atoms with Gasteiger partial charge in [0, 0.05) is 17.4 Å². The van der Waals surface area contributed by atoms with Crippen LogP contribution in [0.25, 0.3) is 16.9 Å². The predicted molar refractivity (Wildman–Crippen MR) is 104 cm³/mol. The fourth-order valence-corrected chi connectivity index (χ4v) is 3.46. The lowest BCUT2D eigenvalue weighted by Crippen LogP contribution is -2.23. The second-order valence-electron chi connectivity index (χ2n) is 5.70. The predicted octanol–water partition coefficient (Wildman–Crippen LogP) is 3.29. The number of thiophene rings is 1. The number of nitrogens with one attached hydrogen (secondary N) is 2. The molecule has 0 bridgehead atoms. The van der Waals surface area contributed by atoms with Crippen molar-refractivity contribution in [2.24, 2.45) is 0 Å². The highest BCUT2D eigenvalue weighted by atomic mass is 32.1. The number of amides is 2. The van der Waals surface area contributed by atoms with Gasteiger partial charge >= 0.3 is 6.03 Å². The Morgan fingerprint density at radius 3 is 2.86 bits per heavy atom. The van der Waals surface area contributed by atoms with E-state index >= 15 is 0 Å². The zero-order valence-electron chi connectivity index (χ0n) is 14.3. The third-order valence-corrected chi connectivity index (χ3v) is 4.85. The third-order valence-electron chi connectivity index (χ3n) is 3.98. The molecule has 0 atom stereocenters. The Morgan fingerprint density at radius 2 is 2.07 bits per heavy atom. The molecule has 0 saturated heterocycles. The molecule has 0 aliphatic heterocycles. The first-order valence-corrected chi connectivity index (χ1v) is 9.03. The fraction of sp³-hybridized carbons (Fsp3) is 0. The zero-order valence-corrected chi connectivity index (χ0v) is 15.1. The van der Waals surface area contributed by atoms with Crippen LogP contribution in [-0.2, 0) is 0 Å². The third kappa shape index (κ3) is 3.20. The van der Waals surface area contributed by atoms with Crippen LogP contribution >= 0.6 is 11.3 Å². The van der Waals surface area contributed by atoms with E-state index in [4.69, 9.17) is 5.26 Å². The van der Waals surface area contributed by atoms with Gasteiger partial charge in [-0.1, -0.05) is 18.2 Å². The molecule has 0 spiro atoms. The van der Waals surface area contributed by atoms with Crippen LogP contribution in [0.5, 0.6) is 0 Å². The maximum atomic E-state index is 12.7. The maximum absolute atomic E-state index is 12.7. The molecule has 28 heavy (non-hydrogen) atoms. The normalized spacial score (nSPS) is 10.4. The molecule has 4 aromatic rings. The minimum absolute atomic E-state index is 0.127. The number of benzene rings is 1. The smallest absolute Gasteiger partial charge is 0.307 e. The van der Waals surface area contributed by atoms with Crippen LogP contribution in [-0.4, -0.2) is 26.4 Å². The molecule has 136 valence electrons. The van der Waals surface area contributed by atoms with Crippen LogP contribution in [0.15, 0.2) is 60.2 Å². The summed E-state index contributed by atoms with van der Waals surface area (Å²) in [5, 5.41) is 19.3. The van der Waals surface area contributed by atoms with Crippen LogP contribution in [0, 0.1) is 11.5 Å². The Labute approximate surface area is 163 Å². The van der Waals surface area contributed by atoms with Gasteiger partial charge in [-0.2, -0.15) is 10.4 Å². The second kappa shape index (κ2) is 7.30. The number of carbonyl (C=O) groups excluding carboxylic acids is 2. The average molecular weight is 388 g/mol. The summed E-state index contributed by atoms with van der Waals surface area (Å²) in [6, 6.07) is 11.8. The quantitative estimate of drug-likeness (QED) is 0.316. The van der Waals surface area contributed by atoms with Crippen LogP contribution in [0.4, 0.5) is 10.5 Å². The lowest BCUT2D eigenvalue weighted by Gasteiger charge is -2.08. The SMILES string of the molecule is N#CNC(=O)Nc1cccc(-c2ccnc3c(C(=O)c4cccs4)cnn23)c1. The van der Waals surface area contributed by atoms with Crippen molar-refractivity contribution in [1.82, 2.24) is 19.9 Å². The van der Waals surface area contributed by atoms with E-state index in [9.17, 15) is 9.59 Å². The van der Waals surface area contributed by atoms with Crippen molar-refractivity contribution in [3.05, 3.63) is 70.7 Å². The van der Waals surface area contributed by atoms with E-state index in [2.05, 4.69) is 15.4 Å². The molecule has 0 aliphatic rings. The monoisotopic (exact) mass is 388 g/mol. The van der Waals surface area contributed by atoms with E-state index < -0.39 is 6.03 Å². The van der Waals surface area contributed by atoms with Gasteiger partial charge < -0.3 is 5.32 Å². The highest BCUT2D eigenvalue weighted by Gasteiger charge is 2.18. The number of carbonyl (C=O) groups is 2. The number of hydrogen-bond acceptors (Lipinski definition) is 6. The molecule has 0 radical (unpaired) electrons. The van der Waals surface area contributed by atoms with E-state index in [-0.39, 0.29) is 5.78 Å². The van der Waals surface area contributed by atoms with Gasteiger partial charge in [-0.15, -0.1) is 11.3 Å². The van der Waals surface area contributed by atoms with Crippen molar-refractivity contribution in [2.45, 2.75) is 0 Å². The number of nitriles is 1. The summed E-state index contributed by atoms with van der Waals surface area (Å²) in [5.41, 5.74) is 2.86. The van der Waals surface area contributed by atoms with Crippen molar-refractivity contribution < 1.29 is 9.59 Å². The Morgan fingerprint density at radius 1 is 1.18 bits per heavy atom. The first-order chi connectivity index (χ1) is 13.7. The lowest BCUT2D eigenvalue weighted by molar-refractivity contribution is 0.104. The highest BCUT2D eigenvalue weighted by Crippen LogP contribution is 2.25. The van der Waals surface area contributed by atoms with Crippen LogP contribution < -0.4 is 10.6 Å². The first-order valence-electron chi connectivity index (χ1n) is 8.15. The van der Waals surface area contributed by atoms with E-state index in [0.29, 0.717) is 27.5 Å². The van der Waals surface area contributed by atoms with Crippen molar-refractivity contribution in [3.8, 4) is 17.5 Å². The molecular formula is C19H12N6O2S. The molecule has 4 rings (SSSR count). The lowest BCUT2D eigenvalue weighted by atomic mass is 10.1. The van der Waals surface area contributed by atoms with Gasteiger partial charge in [-0.3, -0.25) is 4.79 Å². The molecule has 9 heteroatoms. The zero-order chi connectivity index (χ0) is 19.5. The molecule has 0 aliphatic carbocycles. The largest absolute Gasteiger partial charge is 0.332 e. The second-order valence-corrected chi connectivity index (χ2v) is 6.65. The van der Waals surface area contributed by atoms with Crippen molar-refractivity contribution in [1.29, 1.82) is 5.26 Å². The van der Waals surface area contributed by atoms with Gasteiger partial charge in [-0.05, 0) is 29.6 Å². The molecule has 0 saturated carbocycles. The molecule has 0 fully saturated rings. The van der Waals surface area contributed by atoms with E-state index in [0.717, 1.165) is 5.56 Å². The van der Waals surface area contributed by atoms with Crippen LogP contribution in [0.2, 0.25) is 0 Å². The topological polar surface area (TPSA) is 112 Å². The number of hydrogen-bond donors (Lipinski definition) is 2. The number of fused-ring (bicyclic) bond motifs is 1. The number of urea groups is 1. The molecule has 1 aromatic carbocycles. The Bertz CT molecular complexity index is 1220. The van der Waals surface area contributed by atoms with Crippen molar-refractivity contribution in [2.75, 3.05) is 5.32 Å². The summed E-state index contributed by atoms with van der Waals surface area (Å²) in [4.78, 5) is 29.2. The highest BCUT2D eigenvalue weighted by molar-refractivity contribution is 7.12. The molecule has 2 N–H and O–H groups in total. The molecule has 2 amide bonds. The number of nitrogens with zero attached hydrogens (tertiary/aromatic N) is 4. The number of aromatic nitrogens is 3. The Balaban J connectivity index is 1.74. The standard InChI is InChI=1S/C19H12N6O2S/c20-11-22-19(27)24-13-4-1-3-12(9-13)15-6-7-21-18-14(10-23-25(15)18)17(26)16-5-2-8-28-16/h1-10H,(H2,22,24,27). The van der Waals surface area contributed by atoms with Gasteiger partial charge in [0.25, 0.3) is 0 Å². The minimum Gasteiger partial charge on any atom is -0.307 e. The van der Waals surface area contributed by atoms with Crippen molar-refractivity contribution in [3.63, 3.8) is 0 Å². The van der Waals surface area contributed by atoms with E-state index in [1.807, 2.05) is 22.8 Å². The molecular weight excluding hydrogens is 376 g/mol. The molecule has 0 unspecified atom stereocenters. The minimum atomic E-state index is -0.623. The Kier molecular flexibility index (Phi) is 4.53. The first kappa shape index (κ1) is 17.4. The number of ketones is 1. The summed E-state index contributed by atoms with van der Waals surface area (Å²) in [5.74, 6) is -0.127. The van der Waals surface area contributed by atoms with Gasteiger partial charge in [0.1, 0.15) is 0 Å². The summed E-state index contributed by atoms with van der Waals surface area (Å²) in [6.07, 6.45) is 4.69.